The molecule has 1 N–H and O–H groups in total. The van der Waals surface area contributed by atoms with Crippen LogP contribution in [0, 0.1) is 0 Å². The molecule has 0 fully saturated rings. The molecule has 0 bridgehead atoms. The predicted octanol–water partition coefficient (Wildman–Crippen LogP) is 8.15. The van der Waals surface area contributed by atoms with E-state index in [1.807, 2.05) is 17.1 Å². The third-order valence-electron chi connectivity index (χ3n) is 6.11. The van der Waals surface area contributed by atoms with E-state index in [0.717, 1.165) is 25.9 Å². The Labute approximate surface area is 204 Å². The minimum atomic E-state index is 0.196. The Bertz CT molecular complexity index is 592. The van der Waals surface area contributed by atoms with Gasteiger partial charge in [0.15, 0.2) is 0 Å². The zero-order valence-electron chi connectivity index (χ0n) is 21.5. The molecular formula is C29H51N3O. The Morgan fingerprint density at radius 1 is 0.788 bits per heavy atom. The number of rotatable bonds is 23. The lowest BCUT2D eigenvalue weighted by Crippen LogP contribution is -2.24. The van der Waals surface area contributed by atoms with Crippen LogP contribution in [0.2, 0.25) is 0 Å². The number of amides is 1. The summed E-state index contributed by atoms with van der Waals surface area (Å²) in [6.07, 6.45) is 37.1. The first kappa shape index (κ1) is 29.2. The second-order valence-corrected chi connectivity index (χ2v) is 9.28. The number of aromatic nitrogens is 2. The first-order valence-electron chi connectivity index (χ1n) is 13.9. The third-order valence-corrected chi connectivity index (χ3v) is 6.11. The Hall–Kier alpha value is -1.84. The number of nitrogens with zero attached hydrogens (tertiary/aromatic N) is 2. The molecule has 4 heteroatoms. The summed E-state index contributed by atoms with van der Waals surface area (Å²) in [6, 6.07) is 0. The average molecular weight is 458 g/mol. The van der Waals surface area contributed by atoms with E-state index >= 15 is 0 Å². The maximum Gasteiger partial charge on any atom is 0.219 e. The molecule has 4 nitrogen and oxygen atoms in total. The lowest BCUT2D eigenvalue weighted by atomic mass is 10.1. The quantitative estimate of drug-likeness (QED) is 0.133. The van der Waals surface area contributed by atoms with Gasteiger partial charge in [-0.2, -0.15) is 0 Å². The van der Waals surface area contributed by atoms with Gasteiger partial charge in [-0.05, 0) is 38.5 Å². The number of aryl methyl sites for hydroxylation is 1. The van der Waals surface area contributed by atoms with Gasteiger partial charge in [-0.15, -0.1) is 0 Å². The molecule has 1 aromatic heterocycles. The molecule has 188 valence electrons. The Morgan fingerprint density at radius 2 is 1.36 bits per heavy atom. The zero-order chi connectivity index (χ0) is 23.7. The average Bonchev–Trinajstić information content (AvgIpc) is 3.34. The van der Waals surface area contributed by atoms with Gasteiger partial charge in [-0.25, -0.2) is 4.98 Å². The van der Waals surface area contributed by atoms with E-state index in [-0.39, 0.29) is 5.91 Å². The van der Waals surface area contributed by atoms with Crippen LogP contribution in [0.4, 0.5) is 0 Å². The van der Waals surface area contributed by atoms with Crippen LogP contribution < -0.4 is 5.32 Å². The van der Waals surface area contributed by atoms with E-state index in [2.05, 4.69) is 41.5 Å². The van der Waals surface area contributed by atoms with E-state index in [1.54, 1.807) is 6.20 Å². The monoisotopic (exact) mass is 457 g/mol. The van der Waals surface area contributed by atoms with Crippen molar-refractivity contribution in [2.45, 2.75) is 129 Å². The van der Waals surface area contributed by atoms with Crippen molar-refractivity contribution < 1.29 is 4.79 Å². The molecule has 0 aromatic carbocycles. The van der Waals surface area contributed by atoms with Crippen molar-refractivity contribution in [1.29, 1.82) is 0 Å². The second-order valence-electron chi connectivity index (χ2n) is 9.28. The number of carbonyl (C=O) groups excluding carboxylic acids is 1. The van der Waals surface area contributed by atoms with Gasteiger partial charge in [-0.1, -0.05) is 102 Å². The van der Waals surface area contributed by atoms with Gasteiger partial charge >= 0.3 is 0 Å². The molecule has 0 saturated carbocycles. The van der Waals surface area contributed by atoms with Gasteiger partial charge in [0.25, 0.3) is 0 Å². The van der Waals surface area contributed by atoms with E-state index in [9.17, 15) is 4.79 Å². The minimum Gasteiger partial charge on any atom is -0.356 e. The smallest absolute Gasteiger partial charge is 0.219 e. The van der Waals surface area contributed by atoms with Crippen molar-refractivity contribution in [1.82, 2.24) is 14.9 Å². The third kappa shape index (κ3) is 20.5. The highest BCUT2D eigenvalue weighted by Crippen LogP contribution is 2.10. The van der Waals surface area contributed by atoms with Crippen LogP contribution in [0.1, 0.15) is 122 Å². The summed E-state index contributed by atoms with van der Waals surface area (Å²) in [5.41, 5.74) is 0. The molecule has 0 aliphatic carbocycles. The lowest BCUT2D eigenvalue weighted by molar-refractivity contribution is -0.121. The maximum absolute atomic E-state index is 11.9. The normalized spacial score (nSPS) is 11.7. The van der Waals surface area contributed by atoms with Gasteiger partial charge in [-0.3, -0.25) is 4.79 Å². The topological polar surface area (TPSA) is 46.9 Å². The van der Waals surface area contributed by atoms with Crippen LogP contribution in [0.15, 0.2) is 43.0 Å². The number of hydrogen-bond acceptors (Lipinski definition) is 2. The van der Waals surface area contributed by atoms with Gasteiger partial charge in [0.05, 0.1) is 6.33 Å². The van der Waals surface area contributed by atoms with Crippen molar-refractivity contribution in [2.24, 2.45) is 0 Å². The van der Waals surface area contributed by atoms with Crippen molar-refractivity contribution in [3.8, 4) is 0 Å². The molecule has 0 unspecified atom stereocenters. The standard InChI is InChI=1S/C29H51N3O/c1-2-3-4-5-6-7-8-9-10-11-12-13-14-15-16-17-18-19-20-21-23-29(33)31-24-22-26-32-27-25-30-28-32/h11-14,25,27-28H,2-10,15-24,26H2,1H3,(H,31,33)/b12-11+,14-13+. The first-order chi connectivity index (χ1) is 16.3. The molecular weight excluding hydrogens is 406 g/mol. The summed E-state index contributed by atoms with van der Waals surface area (Å²) >= 11 is 0. The van der Waals surface area contributed by atoms with Gasteiger partial charge in [0.1, 0.15) is 0 Å². The summed E-state index contributed by atoms with van der Waals surface area (Å²) in [5, 5.41) is 3.02. The molecule has 0 atom stereocenters. The summed E-state index contributed by atoms with van der Waals surface area (Å²) in [5.74, 6) is 0.196. The van der Waals surface area contributed by atoms with Crippen LogP contribution in [-0.4, -0.2) is 22.0 Å². The first-order valence-corrected chi connectivity index (χ1v) is 13.9. The fourth-order valence-electron chi connectivity index (χ4n) is 4.00. The summed E-state index contributed by atoms with van der Waals surface area (Å²) < 4.78 is 2.04. The molecule has 0 saturated heterocycles. The summed E-state index contributed by atoms with van der Waals surface area (Å²) in [7, 11) is 0. The fraction of sp³-hybridized carbons (Fsp3) is 0.724. The Kier molecular flexibility index (Phi) is 20.6. The van der Waals surface area contributed by atoms with E-state index < -0.39 is 0 Å². The highest BCUT2D eigenvalue weighted by molar-refractivity contribution is 5.75. The lowest BCUT2D eigenvalue weighted by Gasteiger charge is -2.06. The fourth-order valence-corrected chi connectivity index (χ4v) is 4.00. The highest BCUT2D eigenvalue weighted by Gasteiger charge is 2.00. The number of allylic oxidation sites excluding steroid dienone is 4. The van der Waals surface area contributed by atoms with E-state index in [0.29, 0.717) is 6.42 Å². The highest BCUT2D eigenvalue weighted by atomic mass is 16.1. The minimum absolute atomic E-state index is 0.196. The summed E-state index contributed by atoms with van der Waals surface area (Å²) in [4.78, 5) is 15.9. The van der Waals surface area contributed by atoms with Crippen molar-refractivity contribution in [3.63, 3.8) is 0 Å². The van der Waals surface area contributed by atoms with Crippen LogP contribution in [0.25, 0.3) is 0 Å². The van der Waals surface area contributed by atoms with Crippen molar-refractivity contribution in [3.05, 3.63) is 43.0 Å². The number of unbranched alkanes of at least 4 members (excludes halogenated alkanes) is 14. The largest absolute Gasteiger partial charge is 0.356 e. The number of hydrogen-bond donors (Lipinski definition) is 1. The Morgan fingerprint density at radius 3 is 1.94 bits per heavy atom. The van der Waals surface area contributed by atoms with Crippen LogP contribution in [0.5, 0.6) is 0 Å². The van der Waals surface area contributed by atoms with Gasteiger partial charge < -0.3 is 9.88 Å². The van der Waals surface area contributed by atoms with Crippen LogP contribution in [0.3, 0.4) is 0 Å². The van der Waals surface area contributed by atoms with Gasteiger partial charge in [0, 0.05) is 31.9 Å². The Balaban J connectivity index is 1.76. The van der Waals surface area contributed by atoms with Crippen molar-refractivity contribution >= 4 is 5.91 Å². The number of nitrogens with one attached hydrogen (secondary N) is 1. The summed E-state index contributed by atoms with van der Waals surface area (Å²) in [6.45, 7) is 3.94. The second kappa shape index (κ2) is 23.3. The van der Waals surface area contributed by atoms with Crippen LogP contribution in [-0.2, 0) is 11.3 Å². The number of imidazole rings is 1. The molecule has 1 amide bonds. The predicted molar refractivity (Wildman–Crippen MR) is 142 cm³/mol. The van der Waals surface area contributed by atoms with E-state index in [4.69, 9.17) is 0 Å². The van der Waals surface area contributed by atoms with Crippen LogP contribution >= 0.6 is 0 Å². The number of carbonyl (C=O) groups is 1. The molecule has 0 spiro atoms. The molecule has 1 rings (SSSR count). The van der Waals surface area contributed by atoms with Gasteiger partial charge in [0.2, 0.25) is 5.91 Å². The molecule has 0 aliphatic heterocycles. The molecule has 33 heavy (non-hydrogen) atoms. The van der Waals surface area contributed by atoms with E-state index in [1.165, 1.54) is 96.3 Å². The SMILES string of the molecule is CCCCCCCCCC/C=C/C=C/CCCCCCCCC(=O)NCCCn1ccnc1. The molecule has 0 radical (unpaired) electrons. The zero-order valence-corrected chi connectivity index (χ0v) is 21.5. The van der Waals surface area contributed by atoms with Crippen molar-refractivity contribution in [2.75, 3.05) is 6.54 Å². The molecule has 0 aliphatic rings. The molecule has 1 heterocycles. The maximum atomic E-state index is 11.9. The molecule has 1 aromatic rings.